The summed E-state index contributed by atoms with van der Waals surface area (Å²) in [6.45, 7) is 5.50. The smallest absolute Gasteiger partial charge is 0.249 e. The Balaban J connectivity index is 1.28. The Morgan fingerprint density at radius 3 is 2.56 bits per heavy atom. The van der Waals surface area contributed by atoms with Crippen LogP contribution in [0.2, 0.25) is 0 Å². The fourth-order valence-electron chi connectivity index (χ4n) is 5.38. The molecule has 1 aromatic rings. The zero-order chi connectivity index (χ0) is 22.9. The standard InChI is InChI=1S/C26H40BrFN2O2/c1-3-25(32-2)26(31)29-23-9-6-19(7-10-23)5-4-14-30-15-12-20(13-16-30)17-21-18-22(28)8-11-24(21)27/h8,11,18-20,23,25H,3-7,9-10,12-17H2,1-2H3,(H,29,31). The Bertz CT molecular complexity index is 712. The summed E-state index contributed by atoms with van der Waals surface area (Å²) in [5, 5.41) is 3.18. The summed E-state index contributed by atoms with van der Waals surface area (Å²) < 4.78 is 19.8. The van der Waals surface area contributed by atoms with Crippen molar-refractivity contribution in [2.45, 2.75) is 83.3 Å². The average Bonchev–Trinajstić information content (AvgIpc) is 2.79. The van der Waals surface area contributed by atoms with Gasteiger partial charge in [-0.3, -0.25) is 4.79 Å². The number of hydrogen-bond donors (Lipinski definition) is 1. The number of likely N-dealkylation sites (tertiary alicyclic amines) is 1. The Morgan fingerprint density at radius 2 is 1.91 bits per heavy atom. The molecule has 1 aliphatic carbocycles. The number of piperidine rings is 1. The van der Waals surface area contributed by atoms with Gasteiger partial charge >= 0.3 is 0 Å². The van der Waals surface area contributed by atoms with Gasteiger partial charge in [-0.25, -0.2) is 4.39 Å². The maximum atomic E-state index is 13.5. The Morgan fingerprint density at radius 1 is 1.19 bits per heavy atom. The maximum Gasteiger partial charge on any atom is 0.249 e. The van der Waals surface area contributed by atoms with E-state index in [1.165, 1.54) is 51.1 Å². The van der Waals surface area contributed by atoms with Crippen LogP contribution in [0.15, 0.2) is 22.7 Å². The predicted octanol–water partition coefficient (Wildman–Crippen LogP) is 5.72. The molecule has 0 spiro atoms. The number of nitrogens with zero attached hydrogens (tertiary/aromatic N) is 1. The summed E-state index contributed by atoms with van der Waals surface area (Å²) in [7, 11) is 1.61. The minimum Gasteiger partial charge on any atom is -0.372 e. The molecule has 4 nitrogen and oxygen atoms in total. The molecule has 6 heteroatoms. The summed E-state index contributed by atoms with van der Waals surface area (Å²) >= 11 is 3.57. The monoisotopic (exact) mass is 510 g/mol. The van der Waals surface area contributed by atoms with Gasteiger partial charge in [-0.1, -0.05) is 22.9 Å². The van der Waals surface area contributed by atoms with Crippen molar-refractivity contribution in [2.75, 3.05) is 26.7 Å². The summed E-state index contributed by atoms with van der Waals surface area (Å²) in [6, 6.07) is 5.33. The lowest BCUT2D eigenvalue weighted by atomic mass is 9.83. The number of methoxy groups -OCH3 is 1. The lowest BCUT2D eigenvalue weighted by Crippen LogP contribution is -2.43. The van der Waals surface area contributed by atoms with Crippen molar-refractivity contribution < 1.29 is 13.9 Å². The van der Waals surface area contributed by atoms with Crippen molar-refractivity contribution in [1.82, 2.24) is 10.2 Å². The first kappa shape index (κ1) is 25.6. The van der Waals surface area contributed by atoms with Crippen molar-refractivity contribution in [2.24, 2.45) is 11.8 Å². The fourth-order valence-corrected chi connectivity index (χ4v) is 5.79. The van der Waals surface area contributed by atoms with Crippen LogP contribution in [0.1, 0.15) is 70.3 Å². The molecule has 1 unspecified atom stereocenters. The highest BCUT2D eigenvalue weighted by Crippen LogP contribution is 2.29. The van der Waals surface area contributed by atoms with Crippen LogP contribution in [0.4, 0.5) is 4.39 Å². The van der Waals surface area contributed by atoms with Crippen LogP contribution in [0.5, 0.6) is 0 Å². The van der Waals surface area contributed by atoms with E-state index < -0.39 is 0 Å². The number of benzene rings is 1. The van der Waals surface area contributed by atoms with E-state index in [2.05, 4.69) is 26.1 Å². The number of halogens is 2. The average molecular weight is 512 g/mol. The summed E-state index contributed by atoms with van der Waals surface area (Å²) in [5.41, 5.74) is 1.10. The molecular formula is C26H40BrFN2O2. The number of amides is 1. The molecule has 1 atom stereocenters. The third-order valence-corrected chi connectivity index (χ3v) is 8.22. The molecule has 0 bridgehead atoms. The number of nitrogens with one attached hydrogen (secondary N) is 1. The molecule has 1 aliphatic heterocycles. The van der Waals surface area contributed by atoms with Gasteiger partial charge in [0, 0.05) is 17.6 Å². The van der Waals surface area contributed by atoms with Crippen LogP contribution in [-0.2, 0) is 16.0 Å². The zero-order valence-corrected chi connectivity index (χ0v) is 21.3. The predicted molar refractivity (Wildman–Crippen MR) is 131 cm³/mol. The van der Waals surface area contributed by atoms with Crippen molar-refractivity contribution in [3.63, 3.8) is 0 Å². The molecule has 3 rings (SSSR count). The van der Waals surface area contributed by atoms with E-state index in [-0.39, 0.29) is 17.8 Å². The molecule has 1 saturated heterocycles. The molecule has 0 radical (unpaired) electrons. The van der Waals surface area contributed by atoms with E-state index in [1.54, 1.807) is 13.2 Å². The minimum atomic E-state index is -0.313. The van der Waals surface area contributed by atoms with Crippen LogP contribution in [0.25, 0.3) is 0 Å². The van der Waals surface area contributed by atoms with E-state index in [0.717, 1.165) is 54.7 Å². The number of hydrogen-bond acceptors (Lipinski definition) is 3. The van der Waals surface area contributed by atoms with Crippen molar-refractivity contribution >= 4 is 21.8 Å². The summed E-state index contributed by atoms with van der Waals surface area (Å²) in [4.78, 5) is 14.8. The number of carbonyl (C=O) groups is 1. The van der Waals surface area contributed by atoms with E-state index >= 15 is 0 Å². The molecule has 1 aromatic carbocycles. The topological polar surface area (TPSA) is 41.6 Å². The molecule has 1 saturated carbocycles. The second-order valence-corrected chi connectivity index (χ2v) is 10.6. The molecule has 1 N–H and O–H groups in total. The molecule has 1 amide bonds. The van der Waals surface area contributed by atoms with E-state index in [0.29, 0.717) is 12.0 Å². The highest BCUT2D eigenvalue weighted by molar-refractivity contribution is 9.10. The second-order valence-electron chi connectivity index (χ2n) is 9.73. The first-order chi connectivity index (χ1) is 15.5. The van der Waals surface area contributed by atoms with Gasteiger partial charge in [0.05, 0.1) is 0 Å². The van der Waals surface area contributed by atoms with Crippen molar-refractivity contribution in [3.05, 3.63) is 34.1 Å². The second kappa shape index (κ2) is 13.0. The van der Waals surface area contributed by atoms with Gasteiger partial charge in [-0.2, -0.15) is 0 Å². The van der Waals surface area contributed by atoms with Gasteiger partial charge < -0.3 is 15.0 Å². The summed E-state index contributed by atoms with van der Waals surface area (Å²) in [5.74, 6) is 1.36. The van der Waals surface area contributed by atoms with Crippen LogP contribution in [0, 0.1) is 17.7 Å². The Labute approximate surface area is 201 Å². The van der Waals surface area contributed by atoms with Gasteiger partial charge in [0.1, 0.15) is 11.9 Å². The summed E-state index contributed by atoms with van der Waals surface area (Å²) in [6.07, 6.45) is 11.0. The minimum absolute atomic E-state index is 0.0478. The lowest BCUT2D eigenvalue weighted by Gasteiger charge is -2.33. The number of rotatable bonds is 10. The van der Waals surface area contributed by atoms with Gasteiger partial charge in [0.25, 0.3) is 0 Å². The molecule has 0 aromatic heterocycles. The van der Waals surface area contributed by atoms with E-state index in [9.17, 15) is 9.18 Å². The number of ether oxygens (including phenoxy) is 1. The first-order valence-corrected chi connectivity index (χ1v) is 13.3. The molecule has 180 valence electrons. The van der Waals surface area contributed by atoms with Gasteiger partial charge in [0.2, 0.25) is 5.91 Å². The molecule has 1 heterocycles. The van der Waals surface area contributed by atoms with Crippen LogP contribution in [-0.4, -0.2) is 49.7 Å². The fraction of sp³-hybridized carbons (Fsp3) is 0.731. The Kier molecular flexibility index (Phi) is 10.5. The van der Waals surface area contributed by atoms with Gasteiger partial charge in [-0.15, -0.1) is 0 Å². The first-order valence-electron chi connectivity index (χ1n) is 12.5. The van der Waals surface area contributed by atoms with Crippen LogP contribution in [0.3, 0.4) is 0 Å². The maximum absolute atomic E-state index is 13.5. The van der Waals surface area contributed by atoms with Crippen molar-refractivity contribution in [3.8, 4) is 0 Å². The number of carbonyl (C=O) groups excluding carboxylic acids is 1. The highest BCUT2D eigenvalue weighted by Gasteiger charge is 2.25. The molecule has 2 aliphatic rings. The van der Waals surface area contributed by atoms with E-state index in [4.69, 9.17) is 4.74 Å². The quantitative estimate of drug-likeness (QED) is 0.437. The third-order valence-electron chi connectivity index (χ3n) is 7.45. The largest absolute Gasteiger partial charge is 0.372 e. The lowest BCUT2D eigenvalue weighted by molar-refractivity contribution is -0.132. The molecule has 32 heavy (non-hydrogen) atoms. The van der Waals surface area contributed by atoms with Gasteiger partial charge in [-0.05, 0) is 119 Å². The van der Waals surface area contributed by atoms with Crippen LogP contribution < -0.4 is 5.32 Å². The Hall–Kier alpha value is -0.980. The van der Waals surface area contributed by atoms with Crippen molar-refractivity contribution in [1.29, 1.82) is 0 Å². The normalized spacial score (nSPS) is 23.8. The van der Waals surface area contributed by atoms with E-state index in [1.807, 2.05) is 13.0 Å². The van der Waals surface area contributed by atoms with Crippen LogP contribution >= 0.6 is 15.9 Å². The molecular weight excluding hydrogens is 471 g/mol. The highest BCUT2D eigenvalue weighted by atomic mass is 79.9. The molecule has 2 fully saturated rings. The van der Waals surface area contributed by atoms with Gasteiger partial charge in [0.15, 0.2) is 0 Å². The third kappa shape index (κ3) is 7.81. The zero-order valence-electron chi connectivity index (χ0n) is 19.8. The SMILES string of the molecule is CCC(OC)C(=O)NC1CCC(CCCN2CCC(Cc3cc(F)ccc3Br)CC2)CC1.